The summed E-state index contributed by atoms with van der Waals surface area (Å²) in [5, 5.41) is 6.29. The van der Waals surface area contributed by atoms with E-state index in [9.17, 15) is 13.2 Å². The minimum absolute atomic E-state index is 0.0229. The van der Waals surface area contributed by atoms with Crippen LogP contribution in [-0.4, -0.2) is 14.8 Å². The van der Waals surface area contributed by atoms with Crippen LogP contribution >= 0.6 is 46.4 Å². The van der Waals surface area contributed by atoms with Crippen molar-refractivity contribution in [3.8, 4) is 34.0 Å². The highest BCUT2D eigenvalue weighted by molar-refractivity contribution is 6.35. The number of benzene rings is 4. The van der Waals surface area contributed by atoms with Crippen molar-refractivity contribution in [2.24, 2.45) is 0 Å². The number of ether oxygens (including phenoxy) is 1. The smallest absolute Gasteiger partial charge is 0.417 e. The predicted molar refractivity (Wildman–Crippen MR) is 166 cm³/mol. The fourth-order valence-electron chi connectivity index (χ4n) is 4.61. The van der Waals surface area contributed by atoms with Crippen molar-refractivity contribution in [1.82, 2.24) is 14.8 Å². The van der Waals surface area contributed by atoms with Crippen molar-refractivity contribution in [2.75, 3.05) is 0 Å². The predicted octanol–water partition coefficient (Wildman–Crippen LogP) is 11.0. The minimum atomic E-state index is -4.71. The molecule has 11 heteroatoms. The van der Waals surface area contributed by atoms with Crippen LogP contribution in [0.5, 0.6) is 5.75 Å². The minimum Gasteiger partial charge on any atom is -0.489 e. The molecular weight excluding hydrogens is 641 g/mol. The molecule has 0 fully saturated rings. The van der Waals surface area contributed by atoms with Gasteiger partial charge in [-0.3, -0.25) is 0 Å². The van der Waals surface area contributed by atoms with Gasteiger partial charge in [0.1, 0.15) is 18.1 Å². The summed E-state index contributed by atoms with van der Waals surface area (Å²) >= 11 is 24.5. The summed E-state index contributed by atoms with van der Waals surface area (Å²) in [4.78, 5) is 4.69. The van der Waals surface area contributed by atoms with Crippen molar-refractivity contribution in [3.05, 3.63) is 128 Å². The standard InChI is InChI=1S/C32H18Cl4F3N3O/c33-21-9-4-19(5-10-21)30-29-26(32(37,38)39)16-28(40-31(29)42(41-30)24-3-1-2-22(34)14-24)18-7-12-25(13-8-18)43-17-20-6-11-23(35)15-27(20)36/h1-16H,17H2. The van der Waals surface area contributed by atoms with Gasteiger partial charge in [-0.1, -0.05) is 70.7 Å². The Morgan fingerprint density at radius 3 is 2.07 bits per heavy atom. The second-order valence-corrected chi connectivity index (χ2v) is 11.3. The largest absolute Gasteiger partial charge is 0.489 e. The number of halogens is 7. The van der Waals surface area contributed by atoms with Crippen LogP contribution in [0.25, 0.3) is 39.2 Å². The third-order valence-corrected chi connectivity index (χ3v) is 7.75. The van der Waals surface area contributed by atoms with E-state index in [0.29, 0.717) is 42.7 Å². The molecule has 2 heterocycles. The van der Waals surface area contributed by atoms with Crippen molar-refractivity contribution in [3.63, 3.8) is 0 Å². The molecule has 0 unspecified atom stereocenters. The number of aromatic nitrogens is 3. The maximum atomic E-state index is 14.7. The number of fused-ring (bicyclic) bond motifs is 1. The van der Waals surface area contributed by atoms with Crippen molar-refractivity contribution in [2.45, 2.75) is 12.8 Å². The number of nitrogens with zero attached hydrogens (tertiary/aromatic N) is 3. The van der Waals surface area contributed by atoms with E-state index in [1.54, 1.807) is 91.0 Å². The lowest BCUT2D eigenvalue weighted by atomic mass is 10.0. The van der Waals surface area contributed by atoms with Gasteiger partial charge in [0.2, 0.25) is 0 Å². The number of rotatable bonds is 6. The maximum absolute atomic E-state index is 14.7. The molecule has 216 valence electrons. The first kappa shape index (κ1) is 29.3. The number of hydrogen-bond acceptors (Lipinski definition) is 3. The summed E-state index contributed by atoms with van der Waals surface area (Å²) in [7, 11) is 0. The van der Waals surface area contributed by atoms with E-state index in [0.717, 1.165) is 11.6 Å². The fourth-order valence-corrected chi connectivity index (χ4v) is 5.38. The summed E-state index contributed by atoms with van der Waals surface area (Å²) in [6, 6.07) is 25.8. The van der Waals surface area contributed by atoms with Crippen LogP contribution < -0.4 is 4.74 Å². The molecule has 6 rings (SSSR count). The number of hydrogen-bond donors (Lipinski definition) is 0. The second-order valence-electron chi connectivity index (χ2n) is 9.55. The van der Waals surface area contributed by atoms with Crippen molar-refractivity contribution < 1.29 is 17.9 Å². The van der Waals surface area contributed by atoms with Gasteiger partial charge in [0.25, 0.3) is 0 Å². The molecule has 0 atom stereocenters. The lowest BCUT2D eigenvalue weighted by molar-refractivity contribution is -0.136. The molecule has 43 heavy (non-hydrogen) atoms. The average Bonchev–Trinajstić information content (AvgIpc) is 3.36. The molecule has 2 aromatic heterocycles. The second kappa shape index (κ2) is 11.7. The molecular formula is C32H18Cl4F3N3O. The first-order valence-electron chi connectivity index (χ1n) is 12.8. The van der Waals surface area contributed by atoms with E-state index in [2.05, 4.69) is 5.10 Å². The third-order valence-electron chi connectivity index (χ3n) is 6.67. The van der Waals surface area contributed by atoms with Crippen LogP contribution in [-0.2, 0) is 12.8 Å². The van der Waals surface area contributed by atoms with Gasteiger partial charge >= 0.3 is 6.18 Å². The first-order chi connectivity index (χ1) is 20.6. The molecule has 0 aliphatic rings. The Labute approximate surface area is 264 Å². The van der Waals surface area contributed by atoms with E-state index in [4.69, 9.17) is 56.1 Å². The van der Waals surface area contributed by atoms with Crippen LogP contribution in [0.2, 0.25) is 20.1 Å². The molecule has 6 aromatic rings. The van der Waals surface area contributed by atoms with Crippen molar-refractivity contribution in [1.29, 1.82) is 0 Å². The molecule has 0 saturated heterocycles. The molecule has 0 bridgehead atoms. The summed E-state index contributed by atoms with van der Waals surface area (Å²) in [5.74, 6) is 0.501. The summed E-state index contributed by atoms with van der Waals surface area (Å²) in [6.07, 6.45) is -4.71. The Balaban J connectivity index is 1.46. The summed E-state index contributed by atoms with van der Waals surface area (Å²) in [5.41, 5.74) is 1.48. The van der Waals surface area contributed by atoms with Gasteiger partial charge in [-0.2, -0.15) is 18.3 Å². The number of pyridine rings is 1. The van der Waals surface area contributed by atoms with Crippen molar-refractivity contribution >= 4 is 57.4 Å². The van der Waals surface area contributed by atoms with E-state index < -0.39 is 11.7 Å². The Bertz CT molecular complexity index is 1960. The molecule has 0 saturated carbocycles. The lowest BCUT2D eigenvalue weighted by Crippen LogP contribution is -2.08. The first-order valence-corrected chi connectivity index (χ1v) is 14.3. The summed E-state index contributed by atoms with van der Waals surface area (Å²) < 4.78 is 51.3. The monoisotopic (exact) mass is 657 g/mol. The molecule has 4 nitrogen and oxygen atoms in total. The Morgan fingerprint density at radius 2 is 1.40 bits per heavy atom. The average molecular weight is 659 g/mol. The molecule has 0 amide bonds. The molecule has 0 radical (unpaired) electrons. The van der Waals surface area contributed by atoms with E-state index in [1.807, 2.05) is 0 Å². The van der Waals surface area contributed by atoms with Crippen LogP contribution in [0, 0.1) is 0 Å². The summed E-state index contributed by atoms with van der Waals surface area (Å²) in [6.45, 7) is 0.185. The normalized spacial score (nSPS) is 11.7. The highest BCUT2D eigenvalue weighted by Crippen LogP contribution is 2.42. The van der Waals surface area contributed by atoms with E-state index >= 15 is 0 Å². The van der Waals surface area contributed by atoms with Gasteiger partial charge in [0.15, 0.2) is 5.65 Å². The Kier molecular flexibility index (Phi) is 8.00. The zero-order chi connectivity index (χ0) is 30.3. The molecule has 0 spiro atoms. The van der Waals surface area contributed by atoms with Crippen LogP contribution in [0.3, 0.4) is 0 Å². The van der Waals surface area contributed by atoms with Gasteiger partial charge in [-0.15, -0.1) is 0 Å². The molecule has 0 N–H and O–H groups in total. The highest BCUT2D eigenvalue weighted by atomic mass is 35.5. The Morgan fingerprint density at radius 1 is 0.721 bits per heavy atom. The van der Waals surface area contributed by atoms with Gasteiger partial charge in [-0.25, -0.2) is 9.67 Å². The SMILES string of the molecule is FC(F)(F)c1cc(-c2ccc(OCc3ccc(Cl)cc3Cl)cc2)nc2c1c(-c1ccc(Cl)cc1)nn2-c1cccc(Cl)c1. The van der Waals surface area contributed by atoms with Gasteiger partial charge in [-0.05, 0) is 72.8 Å². The number of alkyl halides is 3. The molecule has 0 aliphatic heterocycles. The molecule has 4 aromatic carbocycles. The van der Waals surface area contributed by atoms with Crippen LogP contribution in [0.4, 0.5) is 13.2 Å². The van der Waals surface area contributed by atoms with Crippen LogP contribution in [0.1, 0.15) is 11.1 Å². The topological polar surface area (TPSA) is 39.9 Å². The maximum Gasteiger partial charge on any atom is 0.417 e. The lowest BCUT2D eigenvalue weighted by Gasteiger charge is -2.13. The fraction of sp³-hybridized carbons (Fsp3) is 0.0625. The molecule has 0 aliphatic carbocycles. The van der Waals surface area contributed by atoms with Gasteiger partial charge < -0.3 is 4.74 Å². The third kappa shape index (κ3) is 6.17. The van der Waals surface area contributed by atoms with E-state index in [-0.39, 0.29) is 29.0 Å². The zero-order valence-electron chi connectivity index (χ0n) is 21.8. The van der Waals surface area contributed by atoms with Gasteiger partial charge in [0, 0.05) is 36.8 Å². The Hall–Kier alpha value is -3.75. The van der Waals surface area contributed by atoms with Crippen LogP contribution in [0.15, 0.2) is 97.1 Å². The van der Waals surface area contributed by atoms with E-state index in [1.165, 1.54) is 4.68 Å². The zero-order valence-corrected chi connectivity index (χ0v) is 24.9. The highest BCUT2D eigenvalue weighted by Gasteiger charge is 2.36. The van der Waals surface area contributed by atoms with Gasteiger partial charge in [0.05, 0.1) is 22.3 Å². The quantitative estimate of drug-likeness (QED) is 0.179.